The molecule has 1 aliphatic rings. The number of piperazine rings is 1. The number of nitrogen functional groups attached to an aromatic ring is 1. The predicted molar refractivity (Wildman–Crippen MR) is 162 cm³/mol. The van der Waals surface area contributed by atoms with E-state index in [0.29, 0.717) is 91.7 Å². The molecule has 0 radical (unpaired) electrons. The number of amides is 1. The minimum atomic E-state index is -0.416. The van der Waals surface area contributed by atoms with Gasteiger partial charge in [0.15, 0.2) is 11.4 Å². The lowest BCUT2D eigenvalue weighted by atomic mass is 10.1. The number of likely N-dealkylation sites (N-methyl/N-ethyl adjacent to an activating group) is 1. The van der Waals surface area contributed by atoms with Crippen LogP contribution in [-0.2, 0) is 13.6 Å². The topological polar surface area (TPSA) is 135 Å². The van der Waals surface area contributed by atoms with E-state index in [0.717, 1.165) is 0 Å². The normalized spacial score (nSPS) is 14.4. The van der Waals surface area contributed by atoms with Gasteiger partial charge in [-0.2, -0.15) is 14.6 Å². The van der Waals surface area contributed by atoms with Crippen molar-refractivity contribution in [2.45, 2.75) is 6.54 Å². The first-order chi connectivity index (χ1) is 20.7. The fourth-order valence-corrected chi connectivity index (χ4v) is 5.52. The number of benzene rings is 1. The average Bonchev–Trinajstić information content (AvgIpc) is 3.72. The van der Waals surface area contributed by atoms with E-state index in [1.54, 1.807) is 40.6 Å². The first-order valence-electron chi connectivity index (χ1n) is 14.2. The summed E-state index contributed by atoms with van der Waals surface area (Å²) in [6, 6.07) is 10.1. The molecular weight excluding hydrogens is 555 g/mol. The van der Waals surface area contributed by atoms with E-state index in [1.165, 1.54) is 10.6 Å². The first-order valence-corrected chi connectivity index (χ1v) is 14.2. The van der Waals surface area contributed by atoms with Gasteiger partial charge in [-0.25, -0.2) is 9.18 Å². The van der Waals surface area contributed by atoms with Crippen LogP contribution in [0.25, 0.3) is 28.1 Å². The maximum absolute atomic E-state index is 15.0. The molecule has 5 aromatic rings. The van der Waals surface area contributed by atoms with Crippen LogP contribution >= 0.6 is 0 Å². The number of anilines is 2. The van der Waals surface area contributed by atoms with Crippen LogP contribution < -0.4 is 21.6 Å². The van der Waals surface area contributed by atoms with Crippen LogP contribution in [0.5, 0.6) is 0 Å². The molecule has 14 heteroatoms. The third kappa shape index (κ3) is 5.46. The minimum absolute atomic E-state index is 0.173. The van der Waals surface area contributed by atoms with E-state index < -0.39 is 5.82 Å². The molecule has 226 valence electrons. The van der Waals surface area contributed by atoms with E-state index in [-0.39, 0.29) is 17.5 Å². The number of fused-ring (bicyclic) bond motifs is 3. The molecule has 0 unspecified atom stereocenters. The predicted octanol–water partition coefficient (Wildman–Crippen LogP) is 1.48. The summed E-state index contributed by atoms with van der Waals surface area (Å²) in [5, 5.41) is 7.34. The van der Waals surface area contributed by atoms with Crippen molar-refractivity contribution in [1.82, 2.24) is 38.8 Å². The molecule has 1 fully saturated rings. The SMILES string of the molecule is CN(C)CCNC(=O)c1ccc(N2CCN(CCn3c(=O)n(C)c4c3nc(N)n3nc(-c5ccco5)cc43)CC2)c(F)c1. The molecule has 1 amide bonds. The van der Waals surface area contributed by atoms with Crippen molar-refractivity contribution >= 4 is 34.2 Å². The number of hydrogen-bond donors (Lipinski definition) is 2. The van der Waals surface area contributed by atoms with Crippen molar-refractivity contribution in [3.05, 3.63) is 64.5 Å². The van der Waals surface area contributed by atoms with Crippen LogP contribution in [0.1, 0.15) is 10.4 Å². The number of nitrogens with two attached hydrogens (primary N) is 1. The Labute approximate surface area is 246 Å². The van der Waals surface area contributed by atoms with Gasteiger partial charge in [0.25, 0.3) is 5.91 Å². The van der Waals surface area contributed by atoms with E-state index in [2.05, 4.69) is 20.3 Å². The summed E-state index contributed by atoms with van der Waals surface area (Å²) in [7, 11) is 5.56. The second-order valence-corrected chi connectivity index (χ2v) is 11.0. The summed E-state index contributed by atoms with van der Waals surface area (Å²) in [5.41, 5.74) is 9.25. The van der Waals surface area contributed by atoms with Crippen molar-refractivity contribution in [2.24, 2.45) is 7.05 Å². The van der Waals surface area contributed by atoms with Gasteiger partial charge in [-0.3, -0.25) is 18.8 Å². The van der Waals surface area contributed by atoms with Crippen LogP contribution in [0.2, 0.25) is 0 Å². The molecule has 1 aliphatic heterocycles. The molecule has 6 rings (SSSR count). The number of imidazole rings is 1. The number of rotatable bonds is 9. The van der Waals surface area contributed by atoms with Gasteiger partial charge in [0, 0.05) is 65.0 Å². The Morgan fingerprint density at radius 1 is 1.14 bits per heavy atom. The highest BCUT2D eigenvalue weighted by molar-refractivity contribution is 5.94. The van der Waals surface area contributed by atoms with Gasteiger partial charge in [0.1, 0.15) is 17.0 Å². The highest BCUT2D eigenvalue weighted by Gasteiger charge is 2.23. The lowest BCUT2D eigenvalue weighted by Crippen LogP contribution is -2.47. The number of halogens is 1. The lowest BCUT2D eigenvalue weighted by Gasteiger charge is -2.36. The van der Waals surface area contributed by atoms with Crippen LogP contribution in [0.3, 0.4) is 0 Å². The third-order valence-electron chi connectivity index (χ3n) is 7.89. The molecule has 3 N–H and O–H groups in total. The molecule has 0 saturated carbocycles. The van der Waals surface area contributed by atoms with Crippen LogP contribution in [-0.4, -0.2) is 99.3 Å². The molecule has 0 atom stereocenters. The molecule has 0 bridgehead atoms. The number of nitrogens with one attached hydrogen (secondary N) is 1. The molecule has 1 aromatic carbocycles. The van der Waals surface area contributed by atoms with Gasteiger partial charge in [-0.15, -0.1) is 0 Å². The van der Waals surface area contributed by atoms with Crippen molar-refractivity contribution in [3.63, 3.8) is 0 Å². The quantitative estimate of drug-likeness (QED) is 0.262. The molecule has 4 aromatic heterocycles. The maximum atomic E-state index is 15.0. The van der Waals surface area contributed by atoms with E-state index in [9.17, 15) is 9.59 Å². The molecule has 43 heavy (non-hydrogen) atoms. The molecule has 13 nitrogen and oxygen atoms in total. The minimum Gasteiger partial charge on any atom is -0.463 e. The number of carbonyl (C=O) groups excluding carboxylic acids is 1. The van der Waals surface area contributed by atoms with Gasteiger partial charge in [0.05, 0.1) is 17.5 Å². The maximum Gasteiger partial charge on any atom is 0.330 e. The first kappa shape index (κ1) is 28.4. The second kappa shape index (κ2) is 11.5. The Kier molecular flexibility index (Phi) is 7.62. The number of carbonyl (C=O) groups is 1. The Bertz CT molecular complexity index is 1830. The zero-order valence-corrected chi connectivity index (χ0v) is 24.5. The lowest BCUT2D eigenvalue weighted by molar-refractivity contribution is 0.0950. The summed E-state index contributed by atoms with van der Waals surface area (Å²) in [6.07, 6.45) is 1.57. The van der Waals surface area contributed by atoms with Gasteiger partial charge in [-0.1, -0.05) is 0 Å². The largest absolute Gasteiger partial charge is 0.463 e. The van der Waals surface area contributed by atoms with Gasteiger partial charge in [0.2, 0.25) is 5.95 Å². The molecule has 0 aliphatic carbocycles. The second-order valence-electron chi connectivity index (χ2n) is 11.0. The van der Waals surface area contributed by atoms with Crippen LogP contribution in [0.4, 0.5) is 16.0 Å². The zero-order valence-electron chi connectivity index (χ0n) is 24.5. The van der Waals surface area contributed by atoms with E-state index in [1.807, 2.05) is 36.0 Å². The fraction of sp³-hybridized carbons (Fsp3) is 0.379. The average molecular weight is 591 g/mol. The van der Waals surface area contributed by atoms with Gasteiger partial charge >= 0.3 is 5.69 Å². The molecule has 5 heterocycles. The number of hydrogen-bond acceptors (Lipinski definition) is 9. The Morgan fingerprint density at radius 3 is 2.63 bits per heavy atom. The van der Waals surface area contributed by atoms with Crippen molar-refractivity contribution in [2.75, 3.05) is 70.5 Å². The number of nitrogens with zero attached hydrogens (tertiary/aromatic N) is 8. The van der Waals surface area contributed by atoms with Crippen LogP contribution in [0, 0.1) is 5.82 Å². The third-order valence-corrected chi connectivity index (χ3v) is 7.89. The summed E-state index contributed by atoms with van der Waals surface area (Å²) in [5.74, 6) is 0.0640. The van der Waals surface area contributed by atoms with E-state index >= 15 is 4.39 Å². The molecule has 0 spiro atoms. The van der Waals surface area contributed by atoms with Crippen molar-refractivity contribution < 1.29 is 13.6 Å². The standard InChI is InChI=1S/C29H35FN10O3/c1-35(2)9-8-32-27(41)19-6-7-22(20(30)17-19)38-13-10-37(11-14-38)12-15-39-26-25(36(3)29(39)42)23-18-21(24-5-4-16-43-24)34-40(23)28(31)33-26/h4-7,16-18H,8-15H2,1-3H3,(H2,31,33)(H,32,41). The summed E-state index contributed by atoms with van der Waals surface area (Å²) < 4.78 is 25.2. The zero-order chi connectivity index (χ0) is 30.2. The Hall–Kier alpha value is -4.69. The van der Waals surface area contributed by atoms with Crippen molar-refractivity contribution in [3.8, 4) is 11.5 Å². The van der Waals surface area contributed by atoms with Crippen LogP contribution in [0.15, 0.2) is 51.9 Å². The highest BCUT2D eigenvalue weighted by Crippen LogP contribution is 2.26. The monoisotopic (exact) mass is 590 g/mol. The smallest absolute Gasteiger partial charge is 0.330 e. The molecular formula is C29H35FN10O3. The fourth-order valence-electron chi connectivity index (χ4n) is 5.52. The van der Waals surface area contributed by atoms with Gasteiger partial charge in [-0.05, 0) is 50.5 Å². The number of furan rings is 1. The number of aromatic nitrogens is 5. The van der Waals surface area contributed by atoms with Gasteiger partial charge < -0.3 is 25.3 Å². The summed E-state index contributed by atoms with van der Waals surface area (Å²) >= 11 is 0. The molecule has 1 saturated heterocycles. The highest BCUT2D eigenvalue weighted by atomic mass is 19.1. The number of aryl methyl sites for hydroxylation is 1. The van der Waals surface area contributed by atoms with E-state index in [4.69, 9.17) is 10.2 Å². The Morgan fingerprint density at radius 2 is 1.93 bits per heavy atom. The summed E-state index contributed by atoms with van der Waals surface area (Å²) in [6.45, 7) is 4.86. The van der Waals surface area contributed by atoms with Crippen molar-refractivity contribution in [1.29, 1.82) is 0 Å². The summed E-state index contributed by atoms with van der Waals surface area (Å²) in [4.78, 5) is 36.4. The Balaban J connectivity index is 1.12.